The maximum Gasteiger partial charge on any atom is 0.0546 e. The van der Waals surface area contributed by atoms with Crippen molar-refractivity contribution in [1.29, 1.82) is 0 Å². The van der Waals surface area contributed by atoms with Crippen molar-refractivity contribution in [3.05, 3.63) is 534 Å². The molecule has 0 saturated heterocycles. The summed E-state index contributed by atoms with van der Waals surface area (Å²) in [5.41, 5.74) is 29.1. The number of aromatic nitrogens is 6. The van der Waals surface area contributed by atoms with Crippen molar-refractivity contribution in [1.82, 2.24) is 27.4 Å². The van der Waals surface area contributed by atoms with E-state index in [1.165, 1.54) is 285 Å². The van der Waals surface area contributed by atoms with Crippen molar-refractivity contribution in [2.75, 3.05) is 0 Å². The van der Waals surface area contributed by atoms with Gasteiger partial charge in [0.25, 0.3) is 0 Å². The van der Waals surface area contributed by atoms with E-state index in [1.54, 1.807) is 0 Å². The molecule has 26 aromatic carbocycles. The van der Waals surface area contributed by atoms with Gasteiger partial charge in [0.15, 0.2) is 0 Å². The molecule has 0 fully saturated rings. The lowest BCUT2D eigenvalue weighted by atomic mass is 9.99. The molecule has 0 amide bonds. The summed E-state index contributed by atoms with van der Waals surface area (Å²) in [6.45, 7) is 0. The number of hydrogen-bond acceptors (Lipinski definition) is 0. The highest BCUT2D eigenvalue weighted by Gasteiger charge is 2.25. The van der Waals surface area contributed by atoms with Crippen molar-refractivity contribution in [2.45, 2.75) is 0 Å². The standard InChI is InChI=1S/C52H32N2.2C44H28N2/c1-3-15-37-35(13-1)31-51(41-19-7-5-17-39(37)41)53-47-23-11-9-21-43(47)45-29-33(25-27-49(45)53)34-26-28-50-46(30-34)44-22-10-12-24-48(44)54(50)52-32-36-14-2-4-16-38(36)40-18-6-8-20-42(40)52;1-3-15-33-29(11-1)13-9-21-39(33)45-41-19-7-5-17-35(41)37-27-31(23-25-43(37)45)32-24-26-44-38(28-32)36-18-6-8-20-42(36)46(44)40-22-10-14-30-12-2-4-16-34(30)40;1-3-11-31-25-35(21-17-29(31)9-1)45-41-15-7-5-13-37(41)39-27-33(19-23-43(39)45)34-20-24-44-40(28-34)38-14-6-8-16-42(38)46(44)36-22-18-30-10-2-4-12-32(30)26-36/h1-32H;2*1-28H. The number of hydrogen-bond donors (Lipinski definition) is 0. The highest BCUT2D eigenvalue weighted by Crippen LogP contribution is 2.48. The lowest BCUT2D eigenvalue weighted by Crippen LogP contribution is -1.96. The summed E-state index contributed by atoms with van der Waals surface area (Å²) in [5, 5.41) is 35.3. The molecule has 678 valence electrons. The number of nitrogens with zero attached hydrogens (tertiary/aromatic N) is 6. The molecular formula is C140H88N6. The SMILES string of the molecule is c1ccc2c(-n3c4ccccc4c4cc(-c5ccc6c(c5)c5ccccc5n6-c5cccc6ccccc56)ccc43)cccc2c1.c1ccc2c(c1)cc(-n1c3ccccc3c3cc(-c4ccc5c(c4)c4ccccc4n5-c4cc5ccccc5c5ccccc45)ccc31)c1ccccc12.c1ccc2cc(-n3c4ccccc4c4cc(-c5ccc6c(c5)c5ccccc5n6-c5ccc6ccccc6c5)ccc43)ccc2c1. The minimum absolute atomic E-state index is 1.18. The van der Waals surface area contributed by atoms with Crippen LogP contribution in [0.15, 0.2) is 534 Å². The topological polar surface area (TPSA) is 29.6 Å². The third kappa shape index (κ3) is 13.0. The fraction of sp³-hybridized carbons (Fsp3) is 0. The second-order valence-corrected chi connectivity index (χ2v) is 38.9. The van der Waals surface area contributed by atoms with Crippen LogP contribution < -0.4 is 0 Å². The average molecular weight is 1850 g/mol. The fourth-order valence-corrected chi connectivity index (χ4v) is 24.4. The number of benzene rings is 26. The molecule has 0 radical (unpaired) electrons. The Morgan fingerprint density at radius 1 is 0.0890 bits per heavy atom. The third-order valence-electron chi connectivity index (χ3n) is 31.0. The molecule has 6 heterocycles. The summed E-state index contributed by atoms with van der Waals surface area (Å²) in [7, 11) is 0. The van der Waals surface area contributed by atoms with Crippen LogP contribution in [0.3, 0.4) is 0 Å². The Morgan fingerprint density at radius 3 is 0.596 bits per heavy atom. The van der Waals surface area contributed by atoms with Gasteiger partial charge >= 0.3 is 0 Å². The molecule has 6 nitrogen and oxygen atoms in total. The first-order valence-electron chi connectivity index (χ1n) is 50.4. The van der Waals surface area contributed by atoms with E-state index in [1.807, 2.05) is 0 Å². The van der Waals surface area contributed by atoms with Crippen molar-refractivity contribution < 1.29 is 0 Å². The highest BCUT2D eigenvalue weighted by molar-refractivity contribution is 6.22. The Bertz CT molecular complexity index is 10500. The Kier molecular flexibility index (Phi) is 18.7. The largest absolute Gasteiger partial charge is 0.309 e. The van der Waals surface area contributed by atoms with Crippen molar-refractivity contribution in [3.63, 3.8) is 0 Å². The summed E-state index contributed by atoms with van der Waals surface area (Å²) in [6.07, 6.45) is 0. The Morgan fingerprint density at radius 2 is 0.295 bits per heavy atom. The quantitative estimate of drug-likeness (QED) is 0.129. The maximum atomic E-state index is 2.47. The zero-order valence-corrected chi connectivity index (χ0v) is 79.5. The number of fused-ring (bicyclic) bond motifs is 28. The van der Waals surface area contributed by atoms with Crippen LogP contribution in [0, 0.1) is 0 Å². The second-order valence-electron chi connectivity index (χ2n) is 38.9. The molecule has 146 heavy (non-hydrogen) atoms. The zero-order valence-electron chi connectivity index (χ0n) is 79.5. The first-order chi connectivity index (χ1) is 72.4. The summed E-state index contributed by atoms with van der Waals surface area (Å²) in [4.78, 5) is 0. The first kappa shape index (κ1) is 82.5. The van der Waals surface area contributed by atoms with Gasteiger partial charge < -0.3 is 27.4 Å². The van der Waals surface area contributed by atoms with Crippen LogP contribution >= 0.6 is 0 Å². The van der Waals surface area contributed by atoms with Gasteiger partial charge in [-0.1, -0.05) is 376 Å². The Balaban J connectivity index is 0.000000102. The van der Waals surface area contributed by atoms with Gasteiger partial charge in [0, 0.05) is 97.6 Å². The molecule has 0 aliphatic rings. The molecular weight excluding hydrogens is 1770 g/mol. The molecule has 0 N–H and O–H groups in total. The summed E-state index contributed by atoms with van der Waals surface area (Å²) >= 11 is 0. The predicted molar refractivity (Wildman–Crippen MR) is 622 cm³/mol. The van der Waals surface area contributed by atoms with E-state index in [9.17, 15) is 0 Å². The number of rotatable bonds is 9. The summed E-state index contributed by atoms with van der Waals surface area (Å²) in [6, 6.07) is 196. The van der Waals surface area contributed by atoms with Gasteiger partial charge in [0.1, 0.15) is 0 Å². The molecule has 6 heteroatoms. The van der Waals surface area contributed by atoms with Gasteiger partial charge in [-0.3, -0.25) is 0 Å². The van der Waals surface area contributed by atoms with Crippen LogP contribution in [-0.4, -0.2) is 27.4 Å². The van der Waals surface area contributed by atoms with E-state index in [2.05, 4.69) is 561 Å². The third-order valence-corrected chi connectivity index (χ3v) is 31.0. The van der Waals surface area contributed by atoms with E-state index in [4.69, 9.17) is 0 Å². The molecule has 0 atom stereocenters. The smallest absolute Gasteiger partial charge is 0.0546 e. The van der Waals surface area contributed by atoms with E-state index in [-0.39, 0.29) is 0 Å². The van der Waals surface area contributed by atoms with Gasteiger partial charge in [0.05, 0.1) is 88.9 Å². The molecule has 6 aromatic heterocycles. The normalized spacial score (nSPS) is 12.0. The predicted octanol–water partition coefficient (Wildman–Crippen LogP) is 37.9. The minimum Gasteiger partial charge on any atom is -0.309 e. The molecule has 0 aliphatic heterocycles. The maximum absolute atomic E-state index is 2.47. The Labute approximate surface area is 839 Å². The first-order valence-corrected chi connectivity index (χ1v) is 50.4. The lowest BCUT2D eigenvalue weighted by Gasteiger charge is -2.15. The molecule has 0 spiro atoms. The molecule has 0 saturated carbocycles. The van der Waals surface area contributed by atoms with Crippen molar-refractivity contribution in [3.8, 4) is 67.5 Å². The summed E-state index contributed by atoms with van der Waals surface area (Å²) in [5.74, 6) is 0. The molecule has 0 unspecified atom stereocenters. The molecule has 32 aromatic rings. The summed E-state index contributed by atoms with van der Waals surface area (Å²) < 4.78 is 14.6. The molecule has 32 rings (SSSR count). The Hall–Kier alpha value is -19.4. The zero-order chi connectivity index (χ0) is 95.7. The van der Waals surface area contributed by atoms with Crippen LogP contribution in [0.25, 0.3) is 285 Å². The monoisotopic (exact) mass is 1850 g/mol. The highest BCUT2D eigenvalue weighted by atomic mass is 15.0. The van der Waals surface area contributed by atoms with Gasteiger partial charge in [-0.25, -0.2) is 0 Å². The number of para-hydroxylation sites is 6. The van der Waals surface area contributed by atoms with Gasteiger partial charge in [-0.2, -0.15) is 0 Å². The minimum atomic E-state index is 1.18. The van der Waals surface area contributed by atoms with Crippen LogP contribution in [0.4, 0.5) is 0 Å². The van der Waals surface area contributed by atoms with Crippen LogP contribution in [0.1, 0.15) is 0 Å². The van der Waals surface area contributed by atoms with Gasteiger partial charge in [0.2, 0.25) is 0 Å². The van der Waals surface area contributed by atoms with E-state index in [0.29, 0.717) is 0 Å². The fourth-order valence-electron chi connectivity index (χ4n) is 24.4. The van der Waals surface area contributed by atoms with Crippen LogP contribution in [0.5, 0.6) is 0 Å². The van der Waals surface area contributed by atoms with Gasteiger partial charge in [-0.15, -0.1) is 0 Å². The van der Waals surface area contributed by atoms with Crippen molar-refractivity contribution >= 4 is 217 Å². The van der Waals surface area contributed by atoms with Crippen LogP contribution in [-0.2, 0) is 0 Å². The van der Waals surface area contributed by atoms with Gasteiger partial charge in [-0.05, 0) is 256 Å². The average Bonchev–Trinajstić information content (AvgIpc) is 1.55. The molecule has 0 bridgehead atoms. The van der Waals surface area contributed by atoms with Crippen LogP contribution in [0.2, 0.25) is 0 Å². The molecule has 0 aliphatic carbocycles. The van der Waals surface area contributed by atoms with E-state index >= 15 is 0 Å². The second kappa shape index (κ2) is 33.1. The van der Waals surface area contributed by atoms with E-state index < -0.39 is 0 Å². The lowest BCUT2D eigenvalue weighted by molar-refractivity contribution is 1.18. The van der Waals surface area contributed by atoms with E-state index in [0.717, 1.165) is 0 Å². The van der Waals surface area contributed by atoms with Crippen molar-refractivity contribution in [2.24, 2.45) is 0 Å².